The summed E-state index contributed by atoms with van der Waals surface area (Å²) in [6, 6.07) is 15.9. The third-order valence-electron chi connectivity index (χ3n) is 4.83. The lowest BCUT2D eigenvalue weighted by molar-refractivity contribution is 0.104. The number of hydrogen-bond acceptors (Lipinski definition) is 1. The van der Waals surface area contributed by atoms with Crippen molar-refractivity contribution in [3.8, 4) is 0 Å². The monoisotopic (exact) mass is 342 g/mol. The second-order valence-corrected chi connectivity index (χ2v) is 6.74. The van der Waals surface area contributed by atoms with Crippen molar-refractivity contribution in [1.82, 2.24) is 0 Å². The zero-order chi connectivity index (χ0) is 18.2. The van der Waals surface area contributed by atoms with E-state index in [0.29, 0.717) is 5.92 Å². The average molecular weight is 342 g/mol. The maximum Gasteiger partial charge on any atom is 0.185 e. The second kappa shape index (κ2) is 9.15. The van der Waals surface area contributed by atoms with Crippen molar-refractivity contribution in [3.05, 3.63) is 101 Å². The molecule has 0 unspecified atom stereocenters. The molecule has 0 radical (unpaired) electrons. The van der Waals surface area contributed by atoms with Crippen LogP contribution in [0.3, 0.4) is 0 Å². The number of rotatable bonds is 8. The van der Waals surface area contributed by atoms with Crippen LogP contribution in [0.4, 0.5) is 0 Å². The number of unbranched alkanes of at least 4 members (excludes halogenated alkanes) is 2. The summed E-state index contributed by atoms with van der Waals surface area (Å²) in [6.45, 7) is 2.23. The number of ketones is 1. The zero-order valence-electron chi connectivity index (χ0n) is 15.4. The van der Waals surface area contributed by atoms with E-state index in [0.717, 1.165) is 17.5 Å². The lowest BCUT2D eigenvalue weighted by Gasteiger charge is -2.16. The molecule has 132 valence electrons. The summed E-state index contributed by atoms with van der Waals surface area (Å²) in [5, 5.41) is 0. The van der Waals surface area contributed by atoms with Gasteiger partial charge in [-0.1, -0.05) is 98.7 Å². The van der Waals surface area contributed by atoms with E-state index in [1.165, 1.54) is 30.4 Å². The number of hydrogen-bond donors (Lipinski definition) is 0. The Kier molecular flexibility index (Phi) is 6.38. The van der Waals surface area contributed by atoms with Crippen LogP contribution in [0.2, 0.25) is 0 Å². The minimum absolute atomic E-state index is 0.0467. The first-order chi connectivity index (χ1) is 12.8. The van der Waals surface area contributed by atoms with Gasteiger partial charge in [0.25, 0.3) is 0 Å². The Labute approximate surface area is 156 Å². The van der Waals surface area contributed by atoms with Gasteiger partial charge in [0, 0.05) is 11.5 Å². The van der Waals surface area contributed by atoms with Gasteiger partial charge in [0.1, 0.15) is 0 Å². The van der Waals surface area contributed by atoms with Crippen LogP contribution in [0.15, 0.2) is 78.9 Å². The van der Waals surface area contributed by atoms with Crippen molar-refractivity contribution in [2.45, 2.75) is 38.5 Å². The number of aryl methyl sites for hydroxylation is 1. The zero-order valence-corrected chi connectivity index (χ0v) is 15.4. The van der Waals surface area contributed by atoms with Crippen molar-refractivity contribution in [1.29, 1.82) is 0 Å². The summed E-state index contributed by atoms with van der Waals surface area (Å²) >= 11 is 0. The number of carbonyl (C=O) groups is 1. The van der Waals surface area contributed by atoms with Crippen LogP contribution in [-0.2, 0) is 6.42 Å². The molecular formula is C25H26O. The molecule has 0 amide bonds. The minimum Gasteiger partial charge on any atom is -0.289 e. The molecule has 0 atom stereocenters. The summed E-state index contributed by atoms with van der Waals surface area (Å²) in [5.41, 5.74) is 4.61. The average Bonchev–Trinajstić information content (AvgIpc) is 3.21. The highest BCUT2D eigenvalue weighted by atomic mass is 16.1. The molecule has 26 heavy (non-hydrogen) atoms. The van der Waals surface area contributed by atoms with E-state index in [1.54, 1.807) is 6.08 Å². The fourth-order valence-corrected chi connectivity index (χ4v) is 3.46. The highest BCUT2D eigenvalue weighted by molar-refractivity contribution is 6.06. The van der Waals surface area contributed by atoms with Gasteiger partial charge in [-0.15, -0.1) is 0 Å². The van der Waals surface area contributed by atoms with Crippen LogP contribution in [-0.4, -0.2) is 5.78 Å². The molecule has 1 heteroatoms. The molecular weight excluding hydrogens is 316 g/mol. The van der Waals surface area contributed by atoms with Crippen molar-refractivity contribution in [2.24, 2.45) is 0 Å². The fraction of sp³-hybridized carbons (Fsp3) is 0.240. The molecule has 2 aromatic rings. The van der Waals surface area contributed by atoms with Crippen LogP contribution in [0.25, 0.3) is 6.08 Å². The first-order valence-corrected chi connectivity index (χ1v) is 9.54. The lowest BCUT2D eigenvalue weighted by atomic mass is 9.88. The molecule has 1 aliphatic rings. The predicted molar refractivity (Wildman–Crippen MR) is 110 cm³/mol. The van der Waals surface area contributed by atoms with Gasteiger partial charge in [-0.25, -0.2) is 0 Å². The Hall–Kier alpha value is -2.67. The molecule has 1 nitrogen and oxygen atoms in total. The summed E-state index contributed by atoms with van der Waals surface area (Å²) in [6.07, 6.45) is 17.1. The first-order valence-electron chi connectivity index (χ1n) is 9.54. The third-order valence-corrected chi connectivity index (χ3v) is 4.83. The Morgan fingerprint density at radius 3 is 2.46 bits per heavy atom. The standard InChI is InChI=1S/C25H26O/c1-2-3-5-13-22-16-10-17-23(25(22)21-14-8-9-15-21)18-19-24(26)20-11-6-4-7-12-20/h4,6-12,14-19,21H,2-3,5,13H2,1H3. The van der Waals surface area contributed by atoms with E-state index in [9.17, 15) is 4.79 Å². The van der Waals surface area contributed by atoms with Gasteiger partial charge in [-0.05, 0) is 35.6 Å². The minimum atomic E-state index is 0.0467. The van der Waals surface area contributed by atoms with Crippen LogP contribution in [0.5, 0.6) is 0 Å². The van der Waals surface area contributed by atoms with Crippen LogP contribution >= 0.6 is 0 Å². The van der Waals surface area contributed by atoms with E-state index < -0.39 is 0 Å². The summed E-state index contributed by atoms with van der Waals surface area (Å²) in [5.74, 6) is 0.352. The molecule has 0 bridgehead atoms. The molecule has 2 aromatic carbocycles. The van der Waals surface area contributed by atoms with Gasteiger partial charge in [-0.3, -0.25) is 4.79 Å². The Morgan fingerprint density at radius 1 is 0.962 bits per heavy atom. The molecule has 0 N–H and O–H groups in total. The van der Waals surface area contributed by atoms with Crippen LogP contribution < -0.4 is 0 Å². The summed E-state index contributed by atoms with van der Waals surface area (Å²) < 4.78 is 0. The molecule has 3 rings (SSSR count). The Balaban J connectivity index is 1.89. The van der Waals surface area contributed by atoms with E-state index in [1.807, 2.05) is 36.4 Å². The lowest BCUT2D eigenvalue weighted by Crippen LogP contribution is -2.01. The second-order valence-electron chi connectivity index (χ2n) is 6.74. The maximum absolute atomic E-state index is 12.4. The summed E-state index contributed by atoms with van der Waals surface area (Å²) in [7, 11) is 0. The molecule has 0 saturated heterocycles. The Bertz CT molecular complexity index is 812. The third kappa shape index (κ3) is 4.49. The molecule has 0 saturated carbocycles. The molecule has 0 fully saturated rings. The molecule has 0 aliphatic heterocycles. The normalized spacial score (nSPS) is 13.7. The van der Waals surface area contributed by atoms with E-state index >= 15 is 0 Å². The molecule has 0 spiro atoms. The highest BCUT2D eigenvalue weighted by Crippen LogP contribution is 2.31. The van der Waals surface area contributed by atoms with Crippen molar-refractivity contribution in [2.75, 3.05) is 0 Å². The van der Waals surface area contributed by atoms with Crippen molar-refractivity contribution >= 4 is 11.9 Å². The number of allylic oxidation sites excluding steroid dienone is 5. The van der Waals surface area contributed by atoms with Gasteiger partial charge in [-0.2, -0.15) is 0 Å². The highest BCUT2D eigenvalue weighted by Gasteiger charge is 2.15. The number of carbonyl (C=O) groups excluding carboxylic acids is 1. The van der Waals surface area contributed by atoms with Crippen LogP contribution in [0, 0.1) is 0 Å². The fourth-order valence-electron chi connectivity index (χ4n) is 3.46. The quantitative estimate of drug-likeness (QED) is 0.303. The largest absolute Gasteiger partial charge is 0.289 e. The van der Waals surface area contributed by atoms with Crippen molar-refractivity contribution in [3.63, 3.8) is 0 Å². The molecule has 1 aliphatic carbocycles. The summed E-state index contributed by atoms with van der Waals surface area (Å²) in [4.78, 5) is 12.4. The van der Waals surface area contributed by atoms with E-state index in [4.69, 9.17) is 0 Å². The van der Waals surface area contributed by atoms with Gasteiger partial charge in [0.15, 0.2) is 5.78 Å². The van der Waals surface area contributed by atoms with E-state index in [-0.39, 0.29) is 5.78 Å². The van der Waals surface area contributed by atoms with E-state index in [2.05, 4.69) is 49.4 Å². The predicted octanol–water partition coefficient (Wildman–Crippen LogP) is 6.53. The molecule has 0 aromatic heterocycles. The Morgan fingerprint density at radius 2 is 1.73 bits per heavy atom. The van der Waals surface area contributed by atoms with Gasteiger partial charge < -0.3 is 0 Å². The topological polar surface area (TPSA) is 17.1 Å². The van der Waals surface area contributed by atoms with Gasteiger partial charge in [0.2, 0.25) is 0 Å². The van der Waals surface area contributed by atoms with Gasteiger partial charge in [0.05, 0.1) is 0 Å². The maximum atomic E-state index is 12.4. The van der Waals surface area contributed by atoms with Crippen molar-refractivity contribution < 1.29 is 4.79 Å². The molecule has 0 heterocycles. The van der Waals surface area contributed by atoms with Gasteiger partial charge >= 0.3 is 0 Å². The number of benzene rings is 2. The smallest absolute Gasteiger partial charge is 0.185 e. The SMILES string of the molecule is CCCCCc1cccc(C=CC(=O)c2ccccc2)c1C1C=CC=C1. The first kappa shape index (κ1) is 18.1. The van der Waals surface area contributed by atoms with Crippen LogP contribution in [0.1, 0.15) is 59.2 Å².